The van der Waals surface area contributed by atoms with Crippen LogP contribution in [0.4, 0.5) is 10.1 Å². The smallest absolute Gasteiger partial charge is 0.244 e. The molecule has 1 fully saturated rings. The van der Waals surface area contributed by atoms with E-state index >= 15 is 0 Å². The maximum Gasteiger partial charge on any atom is 0.244 e. The number of carbonyl (C=O) groups excluding carboxylic acids is 1. The summed E-state index contributed by atoms with van der Waals surface area (Å²) < 4.78 is 13.6. The van der Waals surface area contributed by atoms with Crippen LogP contribution in [-0.4, -0.2) is 11.4 Å². The Balaban J connectivity index is 2.19. The highest BCUT2D eigenvalue weighted by Gasteiger charge is 2.40. The molecule has 0 bridgehead atoms. The van der Waals surface area contributed by atoms with Gasteiger partial charge in [0, 0.05) is 5.69 Å². The van der Waals surface area contributed by atoms with Crippen molar-refractivity contribution >= 4 is 27.5 Å². The summed E-state index contributed by atoms with van der Waals surface area (Å²) in [7, 11) is 0. The van der Waals surface area contributed by atoms with Gasteiger partial charge in [0.15, 0.2) is 0 Å². The second-order valence-corrected chi connectivity index (χ2v) is 5.40. The Hall–Kier alpha value is -0.940. The zero-order valence-corrected chi connectivity index (χ0v) is 11.1. The first-order valence-electron chi connectivity index (χ1n) is 5.48. The van der Waals surface area contributed by atoms with E-state index in [4.69, 9.17) is 5.73 Å². The van der Waals surface area contributed by atoms with E-state index in [2.05, 4.69) is 21.2 Å². The van der Waals surface area contributed by atoms with Gasteiger partial charge in [-0.25, -0.2) is 4.39 Å². The number of hydrogen-bond donors (Lipinski definition) is 2. The summed E-state index contributed by atoms with van der Waals surface area (Å²) in [5.74, 6) is -0.531. The Morgan fingerprint density at radius 3 is 2.71 bits per heavy atom. The molecule has 0 spiro atoms. The molecule has 0 aromatic heterocycles. The molecule has 92 valence electrons. The summed E-state index contributed by atoms with van der Waals surface area (Å²) >= 11 is 3.09. The van der Waals surface area contributed by atoms with Gasteiger partial charge in [0.05, 0.1) is 10.0 Å². The second-order valence-electron chi connectivity index (χ2n) is 4.55. The predicted molar refractivity (Wildman–Crippen MR) is 68.2 cm³/mol. The van der Waals surface area contributed by atoms with Crippen LogP contribution in [0.5, 0.6) is 0 Å². The largest absolute Gasteiger partial charge is 0.324 e. The highest BCUT2D eigenvalue weighted by atomic mass is 79.9. The number of halogens is 2. The van der Waals surface area contributed by atoms with Crippen LogP contribution in [0.15, 0.2) is 16.6 Å². The number of benzene rings is 1. The van der Waals surface area contributed by atoms with E-state index in [1.165, 1.54) is 6.07 Å². The predicted octanol–water partition coefficient (Wildman–Crippen LogP) is 2.72. The quantitative estimate of drug-likeness (QED) is 0.882. The first-order valence-corrected chi connectivity index (χ1v) is 6.28. The number of hydrogen-bond acceptors (Lipinski definition) is 2. The summed E-state index contributed by atoms with van der Waals surface area (Å²) in [6.45, 7) is 1.75. The fraction of sp³-hybridized carbons (Fsp3) is 0.417. The van der Waals surface area contributed by atoms with Gasteiger partial charge in [-0.2, -0.15) is 0 Å². The molecule has 2 rings (SSSR count). The molecule has 3 N–H and O–H groups in total. The van der Waals surface area contributed by atoms with Crippen molar-refractivity contribution in [1.82, 2.24) is 0 Å². The third-order valence-corrected chi connectivity index (χ3v) is 3.82. The van der Waals surface area contributed by atoms with E-state index in [1.54, 1.807) is 13.0 Å². The molecule has 1 aliphatic rings. The fourth-order valence-electron chi connectivity index (χ4n) is 1.81. The van der Waals surface area contributed by atoms with Crippen molar-refractivity contribution in [3.63, 3.8) is 0 Å². The molecule has 0 saturated heterocycles. The number of aryl methyl sites for hydroxylation is 1. The minimum Gasteiger partial charge on any atom is -0.324 e. The summed E-state index contributed by atoms with van der Waals surface area (Å²) in [5.41, 5.74) is 6.45. The van der Waals surface area contributed by atoms with Gasteiger partial charge in [-0.15, -0.1) is 0 Å². The van der Waals surface area contributed by atoms with Crippen LogP contribution in [0.3, 0.4) is 0 Å². The first kappa shape index (κ1) is 12.5. The Morgan fingerprint density at radius 2 is 2.18 bits per heavy atom. The average Bonchev–Trinajstić information content (AvgIpc) is 2.22. The zero-order chi connectivity index (χ0) is 12.6. The second kappa shape index (κ2) is 4.38. The molecule has 5 heteroatoms. The van der Waals surface area contributed by atoms with Crippen LogP contribution in [0, 0.1) is 12.7 Å². The van der Waals surface area contributed by atoms with E-state index in [1.807, 2.05) is 0 Å². The Morgan fingerprint density at radius 1 is 1.53 bits per heavy atom. The van der Waals surface area contributed by atoms with Crippen LogP contribution in [0.25, 0.3) is 0 Å². The third kappa shape index (κ3) is 2.35. The maximum atomic E-state index is 13.2. The highest BCUT2D eigenvalue weighted by Crippen LogP contribution is 2.31. The highest BCUT2D eigenvalue weighted by molar-refractivity contribution is 9.10. The van der Waals surface area contributed by atoms with Crippen molar-refractivity contribution < 1.29 is 9.18 Å². The molecule has 1 amide bonds. The van der Waals surface area contributed by atoms with Gasteiger partial charge < -0.3 is 11.1 Å². The molecule has 3 nitrogen and oxygen atoms in total. The number of anilines is 1. The topological polar surface area (TPSA) is 55.1 Å². The normalized spacial score (nSPS) is 17.4. The minimum absolute atomic E-state index is 0.189. The van der Waals surface area contributed by atoms with E-state index in [0.717, 1.165) is 6.42 Å². The van der Waals surface area contributed by atoms with Crippen molar-refractivity contribution in [3.8, 4) is 0 Å². The molecular weight excluding hydrogens is 287 g/mol. The van der Waals surface area contributed by atoms with E-state index < -0.39 is 5.54 Å². The van der Waals surface area contributed by atoms with E-state index in [-0.39, 0.29) is 11.7 Å². The molecule has 1 saturated carbocycles. The minimum atomic E-state index is -0.743. The van der Waals surface area contributed by atoms with Gasteiger partial charge in [0.2, 0.25) is 5.91 Å². The third-order valence-electron chi connectivity index (χ3n) is 3.21. The van der Waals surface area contributed by atoms with Crippen molar-refractivity contribution in [2.24, 2.45) is 5.73 Å². The van der Waals surface area contributed by atoms with E-state index in [9.17, 15) is 9.18 Å². The monoisotopic (exact) mass is 300 g/mol. The van der Waals surface area contributed by atoms with Gasteiger partial charge in [-0.1, -0.05) is 0 Å². The Kier molecular flexibility index (Phi) is 3.23. The molecular formula is C12H14BrFN2O. The summed E-state index contributed by atoms with van der Waals surface area (Å²) in [4.78, 5) is 11.9. The lowest BCUT2D eigenvalue weighted by atomic mass is 9.77. The number of amides is 1. The summed E-state index contributed by atoms with van der Waals surface area (Å²) in [6, 6.07) is 2.94. The standard InChI is InChI=1S/C12H14BrFN2O/c1-7-5-9(14)8(13)6-10(7)16-11(17)12(15)3-2-4-12/h5-6H,2-4,15H2,1H3,(H,16,17). The maximum absolute atomic E-state index is 13.2. The van der Waals surface area contributed by atoms with Crippen molar-refractivity contribution in [1.29, 1.82) is 0 Å². The molecule has 0 heterocycles. The van der Waals surface area contributed by atoms with E-state index in [0.29, 0.717) is 28.6 Å². The summed E-state index contributed by atoms with van der Waals surface area (Å²) in [5, 5.41) is 2.76. The number of carbonyl (C=O) groups is 1. The molecule has 1 aromatic carbocycles. The van der Waals surface area contributed by atoms with Crippen LogP contribution in [-0.2, 0) is 4.79 Å². The first-order chi connectivity index (χ1) is 7.92. The van der Waals surface area contributed by atoms with Gasteiger partial charge in [-0.3, -0.25) is 4.79 Å². The Labute approximate surface area is 108 Å². The zero-order valence-electron chi connectivity index (χ0n) is 9.52. The molecule has 0 aliphatic heterocycles. The number of nitrogens with two attached hydrogens (primary N) is 1. The van der Waals surface area contributed by atoms with Gasteiger partial charge in [-0.05, 0) is 59.8 Å². The molecule has 1 aliphatic carbocycles. The SMILES string of the molecule is Cc1cc(F)c(Br)cc1NC(=O)C1(N)CCC1. The molecule has 0 unspecified atom stereocenters. The molecule has 17 heavy (non-hydrogen) atoms. The van der Waals surface area contributed by atoms with Crippen molar-refractivity contribution in [3.05, 3.63) is 28.0 Å². The van der Waals surface area contributed by atoms with Crippen molar-refractivity contribution in [2.45, 2.75) is 31.7 Å². The fourth-order valence-corrected chi connectivity index (χ4v) is 2.16. The summed E-state index contributed by atoms with van der Waals surface area (Å²) in [6.07, 6.45) is 2.40. The van der Waals surface area contributed by atoms with Gasteiger partial charge in [0.25, 0.3) is 0 Å². The number of nitrogens with one attached hydrogen (secondary N) is 1. The van der Waals surface area contributed by atoms with Crippen molar-refractivity contribution in [2.75, 3.05) is 5.32 Å². The van der Waals surface area contributed by atoms with Crippen LogP contribution in [0.1, 0.15) is 24.8 Å². The molecule has 0 radical (unpaired) electrons. The van der Waals surface area contributed by atoms with Crippen LogP contribution < -0.4 is 11.1 Å². The van der Waals surface area contributed by atoms with Gasteiger partial charge in [0.1, 0.15) is 5.82 Å². The average molecular weight is 301 g/mol. The van der Waals surface area contributed by atoms with Crippen LogP contribution >= 0.6 is 15.9 Å². The Bertz CT molecular complexity index is 472. The van der Waals surface area contributed by atoms with Crippen LogP contribution in [0.2, 0.25) is 0 Å². The lowest BCUT2D eigenvalue weighted by Gasteiger charge is -2.36. The molecule has 1 aromatic rings. The lowest BCUT2D eigenvalue weighted by molar-refractivity contribution is -0.123. The van der Waals surface area contributed by atoms with Gasteiger partial charge >= 0.3 is 0 Å². The molecule has 0 atom stereocenters. The lowest BCUT2D eigenvalue weighted by Crippen LogP contribution is -2.56. The number of rotatable bonds is 2.